The smallest absolute Gasteiger partial charge is 0.160 e. The predicted octanol–water partition coefficient (Wildman–Crippen LogP) is 5.53. The number of alkyl halides is 1. The van der Waals surface area contributed by atoms with Crippen LogP contribution in [-0.4, -0.2) is 24.4 Å². The number of hydrogen-bond acceptors (Lipinski definition) is 1. The van der Waals surface area contributed by atoms with Gasteiger partial charge in [0.25, 0.3) is 0 Å². The molecule has 26 heavy (non-hydrogen) atoms. The highest BCUT2D eigenvalue weighted by Gasteiger charge is 2.13. The van der Waals surface area contributed by atoms with Gasteiger partial charge in [-0.3, -0.25) is 4.99 Å². The third kappa shape index (κ3) is 4.44. The molecular weight excluding hydrogens is 342 g/mol. The fourth-order valence-electron chi connectivity index (χ4n) is 2.85. The molecule has 130 valence electrons. The van der Waals surface area contributed by atoms with Gasteiger partial charge in [0.2, 0.25) is 0 Å². The molecule has 2 aromatic rings. The molecule has 3 rings (SSSR count). The summed E-state index contributed by atoms with van der Waals surface area (Å²) >= 11 is 5.90. The molecule has 0 spiro atoms. The van der Waals surface area contributed by atoms with Gasteiger partial charge in [0.05, 0.1) is 0 Å². The summed E-state index contributed by atoms with van der Waals surface area (Å²) < 4.78 is 0. The van der Waals surface area contributed by atoms with E-state index in [1.807, 2.05) is 48.5 Å². The maximum absolute atomic E-state index is 5.90. The van der Waals surface area contributed by atoms with Crippen molar-refractivity contribution in [3.05, 3.63) is 89.5 Å². The predicted molar refractivity (Wildman–Crippen MR) is 112 cm³/mol. The lowest BCUT2D eigenvalue weighted by Gasteiger charge is -2.14. The molecule has 0 heterocycles. The number of benzene rings is 2. The van der Waals surface area contributed by atoms with Crippen LogP contribution >= 0.6 is 11.6 Å². The van der Waals surface area contributed by atoms with Crippen molar-refractivity contribution in [2.75, 3.05) is 6.00 Å². The first-order valence-corrected chi connectivity index (χ1v) is 9.03. The molecule has 0 saturated carbocycles. The van der Waals surface area contributed by atoms with E-state index in [2.05, 4.69) is 46.0 Å². The van der Waals surface area contributed by atoms with Gasteiger partial charge in [-0.25, -0.2) is 9.98 Å². The van der Waals surface area contributed by atoms with Crippen molar-refractivity contribution in [1.82, 2.24) is 0 Å². The van der Waals surface area contributed by atoms with Crippen molar-refractivity contribution < 1.29 is 0 Å². The Morgan fingerprint density at radius 3 is 2.31 bits per heavy atom. The van der Waals surface area contributed by atoms with Crippen LogP contribution in [0.4, 0.5) is 0 Å². The minimum absolute atomic E-state index is 0.153. The molecule has 0 N–H and O–H groups in total. The molecule has 0 amide bonds. The van der Waals surface area contributed by atoms with Crippen LogP contribution < -0.4 is 0 Å². The van der Waals surface area contributed by atoms with Crippen LogP contribution in [0.15, 0.2) is 93.4 Å². The SMILES string of the molecule is C=N/C(=N\C(=N/CCl)C1=CC(c2ccccc2)=CCC1)c1ccccc1. The molecule has 0 saturated heterocycles. The van der Waals surface area contributed by atoms with E-state index in [9.17, 15) is 0 Å². The number of nitrogens with zero attached hydrogens (tertiary/aromatic N) is 3. The van der Waals surface area contributed by atoms with E-state index in [1.165, 1.54) is 11.1 Å². The van der Waals surface area contributed by atoms with Crippen LogP contribution in [0.3, 0.4) is 0 Å². The van der Waals surface area contributed by atoms with Gasteiger partial charge >= 0.3 is 0 Å². The molecule has 3 nitrogen and oxygen atoms in total. The molecule has 0 unspecified atom stereocenters. The van der Waals surface area contributed by atoms with Crippen molar-refractivity contribution >= 4 is 35.6 Å². The fraction of sp³-hybridized carbons (Fsp3) is 0.136. The summed E-state index contributed by atoms with van der Waals surface area (Å²) in [6, 6.07) is 20.2. The van der Waals surface area contributed by atoms with Crippen LogP contribution in [0.2, 0.25) is 0 Å². The zero-order chi connectivity index (χ0) is 18.2. The van der Waals surface area contributed by atoms with Gasteiger partial charge in [-0.1, -0.05) is 66.7 Å². The monoisotopic (exact) mass is 361 g/mol. The molecular formula is C22H20ClN3. The molecule has 0 atom stereocenters. The fourth-order valence-corrected chi connectivity index (χ4v) is 2.97. The molecule has 0 aromatic heterocycles. The molecule has 0 fully saturated rings. The van der Waals surface area contributed by atoms with Crippen LogP contribution in [0.5, 0.6) is 0 Å². The quantitative estimate of drug-likeness (QED) is 0.297. The number of hydrogen-bond donors (Lipinski definition) is 0. The highest BCUT2D eigenvalue weighted by molar-refractivity contribution is 6.19. The molecule has 1 aliphatic carbocycles. The minimum Gasteiger partial charge on any atom is -0.250 e. The summed E-state index contributed by atoms with van der Waals surface area (Å²) in [7, 11) is 0. The van der Waals surface area contributed by atoms with Gasteiger partial charge in [0.1, 0.15) is 6.00 Å². The van der Waals surface area contributed by atoms with Gasteiger partial charge in [0, 0.05) is 5.56 Å². The Morgan fingerprint density at radius 2 is 1.65 bits per heavy atom. The normalized spacial score (nSPS) is 15.3. The summed E-state index contributed by atoms with van der Waals surface area (Å²) in [6.07, 6.45) is 6.19. The standard InChI is InChI=1S/C22H20ClN3/c1-24-21(18-11-6-3-7-12-18)26-22(25-16-23)20-14-8-13-19(15-20)17-9-4-2-5-10-17/h2-7,9-13,15H,1,8,14,16H2/b25-22-,26-21-. The summed E-state index contributed by atoms with van der Waals surface area (Å²) in [5, 5.41) is 0. The van der Waals surface area contributed by atoms with Crippen molar-refractivity contribution in [1.29, 1.82) is 0 Å². The Morgan fingerprint density at radius 1 is 0.962 bits per heavy atom. The van der Waals surface area contributed by atoms with E-state index in [1.54, 1.807) is 0 Å². The molecule has 0 radical (unpaired) electrons. The maximum atomic E-state index is 5.90. The maximum Gasteiger partial charge on any atom is 0.160 e. The largest absolute Gasteiger partial charge is 0.250 e. The minimum atomic E-state index is 0.153. The highest BCUT2D eigenvalue weighted by atomic mass is 35.5. The first-order valence-electron chi connectivity index (χ1n) is 8.49. The van der Waals surface area contributed by atoms with Crippen molar-refractivity contribution in [3.8, 4) is 0 Å². The van der Waals surface area contributed by atoms with E-state index in [0.29, 0.717) is 11.7 Å². The zero-order valence-corrected chi connectivity index (χ0v) is 15.2. The number of halogens is 1. The molecule has 0 aliphatic heterocycles. The topological polar surface area (TPSA) is 37.1 Å². The van der Waals surface area contributed by atoms with Crippen LogP contribution in [-0.2, 0) is 0 Å². The molecule has 0 bridgehead atoms. The number of rotatable bonds is 4. The van der Waals surface area contributed by atoms with E-state index in [0.717, 1.165) is 24.0 Å². The Kier molecular flexibility index (Phi) is 6.29. The lowest BCUT2D eigenvalue weighted by molar-refractivity contribution is 1.00. The van der Waals surface area contributed by atoms with Crippen molar-refractivity contribution in [3.63, 3.8) is 0 Å². The molecule has 2 aromatic carbocycles. The van der Waals surface area contributed by atoms with Gasteiger partial charge < -0.3 is 0 Å². The van der Waals surface area contributed by atoms with Gasteiger partial charge in [-0.05, 0) is 42.3 Å². The van der Waals surface area contributed by atoms with E-state index < -0.39 is 0 Å². The van der Waals surface area contributed by atoms with Gasteiger partial charge in [0.15, 0.2) is 11.7 Å². The Balaban J connectivity index is 1.97. The van der Waals surface area contributed by atoms with Gasteiger partial charge in [-0.2, -0.15) is 0 Å². The Bertz CT molecular complexity index is 878. The second kappa shape index (κ2) is 9.07. The average molecular weight is 362 g/mol. The third-order valence-electron chi connectivity index (χ3n) is 4.11. The molecule has 4 heteroatoms. The average Bonchev–Trinajstić information content (AvgIpc) is 2.72. The Labute approximate surface area is 159 Å². The highest BCUT2D eigenvalue weighted by Crippen LogP contribution is 2.26. The lowest BCUT2D eigenvalue weighted by atomic mass is 9.94. The summed E-state index contributed by atoms with van der Waals surface area (Å²) in [5.41, 5.74) is 4.32. The first kappa shape index (κ1) is 18.0. The van der Waals surface area contributed by atoms with Crippen molar-refractivity contribution in [2.45, 2.75) is 12.8 Å². The summed E-state index contributed by atoms with van der Waals surface area (Å²) in [6.45, 7) is 3.66. The second-order valence-corrected chi connectivity index (χ2v) is 6.03. The number of aliphatic imine (C=N–C) groups is 3. The Hall–Kier alpha value is -2.78. The van der Waals surface area contributed by atoms with Gasteiger partial charge in [-0.15, -0.1) is 11.6 Å². The van der Waals surface area contributed by atoms with Crippen LogP contribution in [0.25, 0.3) is 5.57 Å². The van der Waals surface area contributed by atoms with Crippen LogP contribution in [0, 0.1) is 0 Å². The summed E-state index contributed by atoms with van der Waals surface area (Å²) in [4.78, 5) is 13.2. The van der Waals surface area contributed by atoms with E-state index in [-0.39, 0.29) is 6.00 Å². The lowest BCUT2D eigenvalue weighted by Crippen LogP contribution is -2.08. The number of amidine groups is 2. The number of allylic oxidation sites excluding steroid dienone is 3. The van der Waals surface area contributed by atoms with Crippen LogP contribution in [0.1, 0.15) is 24.0 Å². The third-order valence-corrected chi connectivity index (χ3v) is 4.22. The zero-order valence-electron chi connectivity index (χ0n) is 14.5. The van der Waals surface area contributed by atoms with E-state index >= 15 is 0 Å². The second-order valence-electron chi connectivity index (χ2n) is 5.79. The first-order chi connectivity index (χ1) is 12.8. The van der Waals surface area contributed by atoms with E-state index in [4.69, 9.17) is 11.6 Å². The van der Waals surface area contributed by atoms with Crippen molar-refractivity contribution in [2.24, 2.45) is 15.0 Å². The summed E-state index contributed by atoms with van der Waals surface area (Å²) in [5.74, 6) is 1.17. The molecule has 1 aliphatic rings.